The van der Waals surface area contributed by atoms with Crippen LogP contribution < -0.4 is 10.5 Å². The third kappa shape index (κ3) is 3.90. The van der Waals surface area contributed by atoms with Gasteiger partial charge < -0.3 is 15.2 Å². The summed E-state index contributed by atoms with van der Waals surface area (Å²) in [6.45, 7) is 1.94. The maximum Gasteiger partial charge on any atom is 0.337 e. The number of fused-ring (bicyclic) bond motifs is 1. The second-order valence-corrected chi connectivity index (χ2v) is 7.12. The highest BCUT2D eigenvalue weighted by Gasteiger charge is 2.18. The van der Waals surface area contributed by atoms with Crippen molar-refractivity contribution in [2.24, 2.45) is 5.73 Å². The lowest BCUT2D eigenvalue weighted by Crippen LogP contribution is -2.29. The fourth-order valence-electron chi connectivity index (χ4n) is 3.41. The van der Waals surface area contributed by atoms with Gasteiger partial charge in [-0.1, -0.05) is 30.3 Å². The smallest absolute Gasteiger partial charge is 0.337 e. The normalized spacial score (nSPS) is 13.0. The molecule has 0 bridgehead atoms. The van der Waals surface area contributed by atoms with Crippen molar-refractivity contribution >= 4 is 16.9 Å². The van der Waals surface area contributed by atoms with E-state index in [0.717, 1.165) is 27.9 Å². The van der Waals surface area contributed by atoms with E-state index in [1.807, 2.05) is 72.3 Å². The fraction of sp³-hybridized carbons (Fsp3) is 0.167. The number of ether oxygens (including phenoxy) is 2. The third-order valence-electron chi connectivity index (χ3n) is 4.94. The van der Waals surface area contributed by atoms with E-state index in [2.05, 4.69) is 5.10 Å². The van der Waals surface area contributed by atoms with Crippen molar-refractivity contribution in [3.63, 3.8) is 0 Å². The Morgan fingerprint density at radius 3 is 2.43 bits per heavy atom. The van der Waals surface area contributed by atoms with Crippen molar-refractivity contribution in [1.82, 2.24) is 9.78 Å². The topological polar surface area (TPSA) is 79.4 Å². The number of nitrogens with two attached hydrogens (primary N) is 1. The summed E-state index contributed by atoms with van der Waals surface area (Å²) in [5, 5.41) is 5.44. The lowest BCUT2D eigenvalue weighted by Gasteiger charge is -2.23. The lowest BCUT2D eigenvalue weighted by molar-refractivity contribution is 0.0600. The molecule has 1 aromatic heterocycles. The average Bonchev–Trinajstić information content (AvgIpc) is 3.20. The van der Waals surface area contributed by atoms with Gasteiger partial charge in [-0.15, -0.1) is 0 Å². The van der Waals surface area contributed by atoms with Gasteiger partial charge in [0.05, 0.1) is 30.1 Å². The minimum absolute atomic E-state index is 0.167. The summed E-state index contributed by atoms with van der Waals surface area (Å²) in [6.07, 6.45) is 1.55. The molecule has 152 valence electrons. The molecule has 30 heavy (non-hydrogen) atoms. The van der Waals surface area contributed by atoms with E-state index in [9.17, 15) is 4.79 Å². The van der Waals surface area contributed by atoms with Gasteiger partial charge in [0.1, 0.15) is 11.9 Å². The van der Waals surface area contributed by atoms with Crippen LogP contribution in [0.4, 0.5) is 0 Å². The van der Waals surface area contributed by atoms with Crippen LogP contribution in [-0.2, 0) is 4.74 Å². The van der Waals surface area contributed by atoms with Gasteiger partial charge in [-0.25, -0.2) is 9.48 Å². The van der Waals surface area contributed by atoms with Gasteiger partial charge in [-0.05, 0) is 55.0 Å². The van der Waals surface area contributed by atoms with Crippen molar-refractivity contribution in [3.05, 3.63) is 90.1 Å². The van der Waals surface area contributed by atoms with E-state index in [1.165, 1.54) is 7.11 Å². The fourth-order valence-corrected chi connectivity index (χ4v) is 3.41. The summed E-state index contributed by atoms with van der Waals surface area (Å²) >= 11 is 0. The largest absolute Gasteiger partial charge is 0.484 e. The number of esters is 1. The highest BCUT2D eigenvalue weighted by atomic mass is 16.5. The molecule has 2 atom stereocenters. The van der Waals surface area contributed by atoms with Gasteiger partial charge in [0.2, 0.25) is 0 Å². The number of carbonyl (C=O) groups is 1. The lowest BCUT2D eigenvalue weighted by atomic mass is 10.0. The SMILES string of the molecule is COC(=O)c1ccc(-n2ncc3cc(O[C@H](c4ccccc4)[C@H](C)N)ccc32)cc1. The Labute approximate surface area is 174 Å². The van der Waals surface area contributed by atoms with E-state index in [1.54, 1.807) is 18.3 Å². The quantitative estimate of drug-likeness (QED) is 0.488. The molecule has 0 fully saturated rings. The molecule has 1 heterocycles. The van der Waals surface area contributed by atoms with Gasteiger partial charge >= 0.3 is 5.97 Å². The molecule has 6 nitrogen and oxygen atoms in total. The number of benzene rings is 3. The Bertz CT molecular complexity index is 1150. The minimum Gasteiger partial charge on any atom is -0.484 e. The Morgan fingerprint density at radius 1 is 1.03 bits per heavy atom. The van der Waals surface area contributed by atoms with Gasteiger partial charge in [0, 0.05) is 11.4 Å². The first-order valence-electron chi connectivity index (χ1n) is 9.70. The highest BCUT2D eigenvalue weighted by Crippen LogP contribution is 2.28. The number of nitrogens with zero attached hydrogens (tertiary/aromatic N) is 2. The van der Waals surface area contributed by atoms with Gasteiger partial charge in [-0.2, -0.15) is 5.10 Å². The molecule has 0 aliphatic heterocycles. The zero-order valence-electron chi connectivity index (χ0n) is 16.9. The van der Waals surface area contributed by atoms with Crippen molar-refractivity contribution in [3.8, 4) is 11.4 Å². The number of aromatic nitrogens is 2. The summed E-state index contributed by atoms with van der Waals surface area (Å²) < 4.78 is 12.8. The maximum atomic E-state index is 11.6. The van der Waals surface area contributed by atoms with E-state index >= 15 is 0 Å². The van der Waals surface area contributed by atoms with Gasteiger partial charge in [-0.3, -0.25) is 0 Å². The molecule has 0 spiro atoms. The van der Waals surface area contributed by atoms with Gasteiger partial charge in [0.15, 0.2) is 0 Å². The molecule has 6 heteroatoms. The first-order chi connectivity index (χ1) is 14.6. The second kappa shape index (κ2) is 8.39. The predicted molar refractivity (Wildman–Crippen MR) is 116 cm³/mol. The summed E-state index contributed by atoms with van der Waals surface area (Å²) in [4.78, 5) is 11.6. The average molecular weight is 401 g/mol. The zero-order chi connectivity index (χ0) is 21.1. The molecule has 0 aliphatic carbocycles. The first-order valence-corrected chi connectivity index (χ1v) is 9.70. The van der Waals surface area contributed by atoms with Crippen molar-refractivity contribution in [1.29, 1.82) is 0 Å². The van der Waals surface area contributed by atoms with Crippen LogP contribution in [0.15, 0.2) is 79.0 Å². The number of rotatable bonds is 6. The molecule has 0 saturated carbocycles. The first kappa shape index (κ1) is 19.7. The number of hydrogen-bond acceptors (Lipinski definition) is 5. The monoisotopic (exact) mass is 401 g/mol. The number of carbonyl (C=O) groups excluding carboxylic acids is 1. The third-order valence-corrected chi connectivity index (χ3v) is 4.94. The second-order valence-electron chi connectivity index (χ2n) is 7.12. The van der Waals surface area contributed by atoms with Gasteiger partial charge in [0.25, 0.3) is 0 Å². The molecule has 0 saturated heterocycles. The van der Waals surface area contributed by atoms with Crippen LogP contribution in [0.3, 0.4) is 0 Å². The summed E-state index contributed by atoms with van der Waals surface area (Å²) in [5.41, 5.74) is 9.50. The predicted octanol–water partition coefficient (Wildman–Crippen LogP) is 4.28. The van der Waals surface area contributed by atoms with E-state index in [0.29, 0.717) is 5.56 Å². The van der Waals surface area contributed by atoms with Crippen LogP contribution in [0, 0.1) is 0 Å². The van der Waals surface area contributed by atoms with E-state index in [4.69, 9.17) is 15.2 Å². The molecular weight excluding hydrogens is 378 g/mol. The highest BCUT2D eigenvalue weighted by molar-refractivity contribution is 5.89. The summed E-state index contributed by atoms with van der Waals surface area (Å²) in [6, 6.07) is 22.8. The molecule has 3 aromatic carbocycles. The van der Waals surface area contributed by atoms with E-state index in [-0.39, 0.29) is 18.1 Å². The van der Waals surface area contributed by atoms with Crippen LogP contribution in [0.1, 0.15) is 28.9 Å². The number of hydrogen-bond donors (Lipinski definition) is 1. The van der Waals surface area contributed by atoms with Crippen molar-refractivity contribution in [2.45, 2.75) is 19.1 Å². The van der Waals surface area contributed by atoms with Crippen molar-refractivity contribution < 1.29 is 14.3 Å². The standard InChI is InChI=1S/C24H23N3O3/c1-16(25)23(17-6-4-3-5-7-17)30-21-12-13-22-19(14-21)15-26-27(22)20-10-8-18(9-11-20)24(28)29-2/h3-16,23H,25H2,1-2H3/t16-,23-/m0/s1. The van der Waals surface area contributed by atoms with E-state index < -0.39 is 0 Å². The van der Waals surface area contributed by atoms with Crippen LogP contribution in [0.2, 0.25) is 0 Å². The van der Waals surface area contributed by atoms with Crippen molar-refractivity contribution in [2.75, 3.05) is 7.11 Å². The Kier molecular flexibility index (Phi) is 5.50. The van der Waals surface area contributed by atoms with Crippen LogP contribution in [0.25, 0.3) is 16.6 Å². The molecule has 0 aliphatic rings. The minimum atomic E-state index is -0.365. The molecule has 0 radical (unpaired) electrons. The number of methoxy groups -OCH3 is 1. The Morgan fingerprint density at radius 2 is 1.77 bits per heavy atom. The molecule has 0 unspecified atom stereocenters. The Hall–Kier alpha value is -3.64. The van der Waals surface area contributed by atoms with Crippen LogP contribution in [-0.4, -0.2) is 28.9 Å². The Balaban J connectivity index is 1.61. The zero-order valence-corrected chi connectivity index (χ0v) is 16.9. The van der Waals surface area contributed by atoms with Crippen LogP contribution >= 0.6 is 0 Å². The molecule has 0 amide bonds. The molecule has 4 aromatic rings. The molecule has 2 N–H and O–H groups in total. The summed E-state index contributed by atoms with van der Waals surface area (Å²) in [7, 11) is 1.37. The van der Waals surface area contributed by atoms with Crippen LogP contribution in [0.5, 0.6) is 5.75 Å². The summed E-state index contributed by atoms with van der Waals surface area (Å²) in [5.74, 6) is 0.366. The molecular formula is C24H23N3O3. The molecule has 4 rings (SSSR count). The maximum absolute atomic E-state index is 11.6.